The second kappa shape index (κ2) is 3.38. The molecule has 0 aliphatic heterocycles. The summed E-state index contributed by atoms with van der Waals surface area (Å²) in [4.78, 5) is 21.1. The zero-order chi connectivity index (χ0) is 7.44. The number of rotatable bonds is 3. The average Bonchev–Trinajstić information content (AvgIpc) is 1.84. The van der Waals surface area contributed by atoms with Gasteiger partial charge in [0.15, 0.2) is 5.78 Å². The molecule has 0 saturated carbocycles. The van der Waals surface area contributed by atoms with Gasteiger partial charge in [0.05, 0.1) is 0 Å². The van der Waals surface area contributed by atoms with E-state index in [0.717, 1.165) is 6.42 Å². The molecule has 0 bridgehead atoms. The summed E-state index contributed by atoms with van der Waals surface area (Å²) in [6.07, 6.45) is 0.748. The second-order valence-corrected chi connectivity index (χ2v) is 2.23. The predicted molar refractivity (Wildman–Crippen MR) is 35.1 cm³/mol. The van der Waals surface area contributed by atoms with E-state index in [1.54, 1.807) is 6.92 Å². The van der Waals surface area contributed by atoms with E-state index in [4.69, 9.17) is 0 Å². The summed E-state index contributed by atoms with van der Waals surface area (Å²) in [7, 11) is 0. The Hall–Kier alpha value is -0.660. The van der Waals surface area contributed by atoms with Crippen LogP contribution in [0.2, 0.25) is 0 Å². The summed E-state index contributed by atoms with van der Waals surface area (Å²) in [5.74, 6) is -0.677. The first-order chi connectivity index (χ1) is 4.09. The topological polar surface area (TPSA) is 34.1 Å². The summed E-state index contributed by atoms with van der Waals surface area (Å²) >= 11 is 0. The van der Waals surface area contributed by atoms with Crippen LogP contribution in [0.1, 0.15) is 27.2 Å². The molecule has 9 heavy (non-hydrogen) atoms. The van der Waals surface area contributed by atoms with E-state index < -0.39 is 0 Å². The Morgan fingerprint density at radius 2 is 1.89 bits per heavy atom. The number of carbonyl (C=O) groups is 2. The fraction of sp³-hybridized carbons (Fsp3) is 0.714. The van der Waals surface area contributed by atoms with Crippen molar-refractivity contribution in [2.45, 2.75) is 27.2 Å². The molecule has 0 aliphatic rings. The van der Waals surface area contributed by atoms with Gasteiger partial charge in [-0.15, -0.1) is 0 Å². The van der Waals surface area contributed by atoms with E-state index in [1.807, 2.05) is 6.92 Å². The minimum Gasteiger partial charge on any atom is -0.291 e. The van der Waals surface area contributed by atoms with Crippen molar-refractivity contribution >= 4 is 11.6 Å². The van der Waals surface area contributed by atoms with Gasteiger partial charge < -0.3 is 0 Å². The van der Waals surface area contributed by atoms with Gasteiger partial charge in [0.25, 0.3) is 0 Å². The summed E-state index contributed by atoms with van der Waals surface area (Å²) in [6, 6.07) is 0. The van der Waals surface area contributed by atoms with E-state index >= 15 is 0 Å². The van der Waals surface area contributed by atoms with Crippen LogP contribution in [0.5, 0.6) is 0 Å². The molecule has 1 atom stereocenters. The van der Waals surface area contributed by atoms with Gasteiger partial charge in [-0.1, -0.05) is 13.8 Å². The molecule has 0 aromatic carbocycles. The Labute approximate surface area is 55.3 Å². The first-order valence-electron chi connectivity index (χ1n) is 3.14. The quantitative estimate of drug-likeness (QED) is 0.535. The molecule has 0 aromatic heterocycles. The van der Waals surface area contributed by atoms with Gasteiger partial charge in [0, 0.05) is 12.8 Å². The molecule has 0 rings (SSSR count). The molecule has 0 spiro atoms. The standard InChI is InChI=1S/C7H12O2/c1-4-5(2)7(9)6(3)8/h5H,4H2,1-3H3. The zero-order valence-electron chi connectivity index (χ0n) is 6.10. The zero-order valence-corrected chi connectivity index (χ0v) is 6.10. The third-order valence-electron chi connectivity index (χ3n) is 1.41. The summed E-state index contributed by atoms with van der Waals surface area (Å²) in [5.41, 5.74) is 0. The summed E-state index contributed by atoms with van der Waals surface area (Å²) in [6.45, 7) is 4.98. The molecule has 0 saturated heterocycles. The largest absolute Gasteiger partial charge is 0.291 e. The SMILES string of the molecule is CCC(C)C(=O)C(C)=O. The number of ketones is 2. The highest BCUT2D eigenvalue weighted by Crippen LogP contribution is 2.01. The third kappa shape index (κ3) is 2.40. The summed E-state index contributed by atoms with van der Waals surface area (Å²) < 4.78 is 0. The average molecular weight is 128 g/mol. The Balaban J connectivity index is 3.88. The highest BCUT2D eigenvalue weighted by atomic mass is 16.2. The highest BCUT2D eigenvalue weighted by molar-refractivity contribution is 6.36. The minimum absolute atomic E-state index is 0.0949. The van der Waals surface area contributed by atoms with Crippen LogP contribution < -0.4 is 0 Å². The van der Waals surface area contributed by atoms with Gasteiger partial charge in [-0.2, -0.15) is 0 Å². The third-order valence-corrected chi connectivity index (χ3v) is 1.41. The molecule has 2 heteroatoms. The van der Waals surface area contributed by atoms with Crippen LogP contribution in [-0.4, -0.2) is 11.6 Å². The lowest BCUT2D eigenvalue weighted by Crippen LogP contribution is -2.17. The van der Waals surface area contributed by atoms with Crippen LogP contribution in [-0.2, 0) is 9.59 Å². The van der Waals surface area contributed by atoms with Crippen molar-refractivity contribution in [3.63, 3.8) is 0 Å². The first kappa shape index (κ1) is 8.34. The maximum absolute atomic E-state index is 10.7. The molecule has 0 radical (unpaired) electrons. The van der Waals surface area contributed by atoms with Crippen molar-refractivity contribution in [3.8, 4) is 0 Å². The minimum atomic E-state index is -0.329. The molecule has 0 amide bonds. The number of hydrogen-bond acceptors (Lipinski definition) is 2. The van der Waals surface area contributed by atoms with Crippen molar-refractivity contribution in [2.24, 2.45) is 5.92 Å². The molecular formula is C7H12O2. The maximum atomic E-state index is 10.7. The van der Waals surface area contributed by atoms with Gasteiger partial charge in [-0.3, -0.25) is 9.59 Å². The Bertz CT molecular complexity index is 127. The number of carbonyl (C=O) groups excluding carboxylic acids is 2. The van der Waals surface area contributed by atoms with E-state index in [0.29, 0.717) is 0 Å². The van der Waals surface area contributed by atoms with Crippen LogP contribution in [0, 0.1) is 5.92 Å². The van der Waals surface area contributed by atoms with Crippen molar-refractivity contribution < 1.29 is 9.59 Å². The molecule has 0 fully saturated rings. The number of hydrogen-bond donors (Lipinski definition) is 0. The molecule has 0 aromatic rings. The van der Waals surface area contributed by atoms with Crippen LogP contribution in [0.3, 0.4) is 0 Å². The molecule has 2 nitrogen and oxygen atoms in total. The van der Waals surface area contributed by atoms with Crippen molar-refractivity contribution in [2.75, 3.05) is 0 Å². The Kier molecular flexibility index (Phi) is 3.13. The maximum Gasteiger partial charge on any atom is 0.200 e. The van der Waals surface area contributed by atoms with Crippen molar-refractivity contribution in [3.05, 3.63) is 0 Å². The lowest BCUT2D eigenvalue weighted by Gasteiger charge is -2.01. The van der Waals surface area contributed by atoms with Gasteiger partial charge in [0.1, 0.15) is 0 Å². The van der Waals surface area contributed by atoms with Crippen LogP contribution >= 0.6 is 0 Å². The molecule has 1 unspecified atom stereocenters. The molecule has 0 N–H and O–H groups in total. The van der Waals surface area contributed by atoms with Gasteiger partial charge in [-0.25, -0.2) is 0 Å². The molecule has 0 aliphatic carbocycles. The molecular weight excluding hydrogens is 116 g/mol. The van der Waals surface area contributed by atoms with Crippen LogP contribution in [0.25, 0.3) is 0 Å². The van der Waals surface area contributed by atoms with E-state index in [9.17, 15) is 9.59 Å². The van der Waals surface area contributed by atoms with Crippen LogP contribution in [0.4, 0.5) is 0 Å². The van der Waals surface area contributed by atoms with Gasteiger partial charge in [-0.05, 0) is 6.42 Å². The lowest BCUT2D eigenvalue weighted by atomic mass is 10.0. The van der Waals surface area contributed by atoms with E-state index in [2.05, 4.69) is 0 Å². The number of Topliss-reactive ketones (excluding diaryl/α,β-unsaturated/α-hetero) is 2. The normalized spacial score (nSPS) is 12.8. The predicted octanol–water partition coefficient (Wildman–Crippen LogP) is 1.19. The lowest BCUT2D eigenvalue weighted by molar-refractivity contribution is -0.137. The van der Waals surface area contributed by atoms with Crippen LogP contribution in [0.15, 0.2) is 0 Å². The fourth-order valence-electron chi connectivity index (χ4n) is 0.532. The van der Waals surface area contributed by atoms with Crippen molar-refractivity contribution in [1.82, 2.24) is 0 Å². The second-order valence-electron chi connectivity index (χ2n) is 2.23. The van der Waals surface area contributed by atoms with Gasteiger partial charge >= 0.3 is 0 Å². The Morgan fingerprint density at radius 1 is 1.44 bits per heavy atom. The van der Waals surface area contributed by atoms with E-state index in [1.165, 1.54) is 6.92 Å². The molecule has 52 valence electrons. The molecule has 0 heterocycles. The first-order valence-corrected chi connectivity index (χ1v) is 3.14. The monoisotopic (exact) mass is 128 g/mol. The highest BCUT2D eigenvalue weighted by Gasteiger charge is 2.14. The summed E-state index contributed by atoms with van der Waals surface area (Å²) in [5, 5.41) is 0. The van der Waals surface area contributed by atoms with Gasteiger partial charge in [0.2, 0.25) is 5.78 Å². The Morgan fingerprint density at radius 3 is 2.00 bits per heavy atom. The van der Waals surface area contributed by atoms with E-state index in [-0.39, 0.29) is 17.5 Å². The smallest absolute Gasteiger partial charge is 0.200 e. The van der Waals surface area contributed by atoms with Crippen molar-refractivity contribution in [1.29, 1.82) is 0 Å². The fourth-order valence-corrected chi connectivity index (χ4v) is 0.532.